The zero-order valence-electron chi connectivity index (χ0n) is 5.20. The highest BCUT2D eigenvalue weighted by atomic mass is 14.8. The molecule has 1 aromatic heterocycles. The molecule has 4 heteroatoms. The van der Waals surface area contributed by atoms with Crippen LogP contribution in [-0.2, 0) is 0 Å². The summed E-state index contributed by atoms with van der Waals surface area (Å²) in [4.78, 5) is 7.46. The van der Waals surface area contributed by atoms with Crippen LogP contribution in [0.25, 0.3) is 0 Å². The SMILES string of the molecule is N=Cc1cncnc1C=N. The van der Waals surface area contributed by atoms with E-state index in [1.807, 2.05) is 0 Å². The van der Waals surface area contributed by atoms with Crippen LogP contribution in [0.4, 0.5) is 0 Å². The predicted molar refractivity (Wildman–Crippen MR) is 37.8 cm³/mol. The quantitative estimate of drug-likeness (QED) is 0.577. The first kappa shape index (κ1) is 6.54. The van der Waals surface area contributed by atoms with Gasteiger partial charge in [0.2, 0.25) is 0 Å². The molecule has 1 aromatic rings. The topological polar surface area (TPSA) is 73.5 Å². The number of rotatable bonds is 2. The average Bonchev–Trinajstić information content (AvgIpc) is 2.04. The van der Waals surface area contributed by atoms with Gasteiger partial charge in [-0.3, -0.25) is 0 Å². The fourth-order valence-corrected chi connectivity index (χ4v) is 0.582. The Morgan fingerprint density at radius 2 is 2.10 bits per heavy atom. The maximum atomic E-state index is 6.88. The molecule has 0 aliphatic carbocycles. The lowest BCUT2D eigenvalue weighted by atomic mass is 10.2. The van der Waals surface area contributed by atoms with Crippen LogP contribution in [0.2, 0.25) is 0 Å². The third-order valence-corrected chi connectivity index (χ3v) is 1.07. The van der Waals surface area contributed by atoms with Crippen LogP contribution in [-0.4, -0.2) is 22.4 Å². The number of hydrogen-bond acceptors (Lipinski definition) is 4. The molecule has 0 fully saturated rings. The zero-order chi connectivity index (χ0) is 7.40. The highest BCUT2D eigenvalue weighted by molar-refractivity contribution is 5.89. The van der Waals surface area contributed by atoms with Crippen molar-refractivity contribution in [2.45, 2.75) is 0 Å². The summed E-state index contributed by atoms with van der Waals surface area (Å²) in [7, 11) is 0. The smallest absolute Gasteiger partial charge is 0.116 e. The Kier molecular flexibility index (Phi) is 1.84. The zero-order valence-corrected chi connectivity index (χ0v) is 5.20. The largest absolute Gasteiger partial charge is 0.308 e. The summed E-state index contributed by atoms with van der Waals surface area (Å²) in [5.74, 6) is 0. The summed E-state index contributed by atoms with van der Waals surface area (Å²) in [6.07, 6.45) is 5.08. The fourth-order valence-electron chi connectivity index (χ4n) is 0.582. The van der Waals surface area contributed by atoms with E-state index < -0.39 is 0 Å². The van der Waals surface area contributed by atoms with E-state index in [1.54, 1.807) is 0 Å². The molecule has 4 nitrogen and oxygen atoms in total. The van der Waals surface area contributed by atoms with Gasteiger partial charge in [-0.05, 0) is 0 Å². The lowest BCUT2D eigenvalue weighted by Gasteiger charge is -1.92. The van der Waals surface area contributed by atoms with E-state index in [4.69, 9.17) is 10.8 Å². The first-order valence-corrected chi connectivity index (χ1v) is 2.69. The van der Waals surface area contributed by atoms with Gasteiger partial charge in [0.15, 0.2) is 0 Å². The average molecular weight is 134 g/mol. The summed E-state index contributed by atoms with van der Waals surface area (Å²) in [6, 6.07) is 0. The first-order valence-electron chi connectivity index (χ1n) is 2.69. The minimum Gasteiger partial charge on any atom is -0.308 e. The molecule has 0 saturated heterocycles. The standard InChI is InChI=1S/C6H6N4/c7-1-5-3-9-4-10-6(5)2-8/h1-4,7-8H. The second kappa shape index (κ2) is 2.82. The van der Waals surface area contributed by atoms with E-state index in [0.717, 1.165) is 12.4 Å². The number of hydrogen-bond donors (Lipinski definition) is 2. The van der Waals surface area contributed by atoms with Crippen LogP contribution in [0, 0.1) is 10.8 Å². The van der Waals surface area contributed by atoms with Crippen molar-refractivity contribution in [2.24, 2.45) is 0 Å². The first-order chi connectivity index (χ1) is 4.88. The van der Waals surface area contributed by atoms with Gasteiger partial charge < -0.3 is 10.8 Å². The van der Waals surface area contributed by atoms with Crippen LogP contribution >= 0.6 is 0 Å². The number of nitrogens with zero attached hydrogens (tertiary/aromatic N) is 2. The van der Waals surface area contributed by atoms with Gasteiger partial charge in [-0.2, -0.15) is 0 Å². The molecule has 0 aliphatic rings. The molecule has 0 radical (unpaired) electrons. The maximum Gasteiger partial charge on any atom is 0.116 e. The normalized spacial score (nSPS) is 8.80. The molecule has 0 aliphatic heterocycles. The molecule has 10 heavy (non-hydrogen) atoms. The van der Waals surface area contributed by atoms with Gasteiger partial charge in [0.1, 0.15) is 6.33 Å². The Morgan fingerprint density at radius 1 is 1.30 bits per heavy atom. The van der Waals surface area contributed by atoms with Gasteiger partial charge >= 0.3 is 0 Å². The summed E-state index contributed by atoms with van der Waals surface area (Å²) in [5, 5.41) is 13.7. The van der Waals surface area contributed by atoms with E-state index in [2.05, 4.69) is 9.97 Å². The van der Waals surface area contributed by atoms with Crippen LogP contribution in [0.1, 0.15) is 11.3 Å². The van der Waals surface area contributed by atoms with Crippen LogP contribution < -0.4 is 0 Å². The molecule has 0 bridgehead atoms. The van der Waals surface area contributed by atoms with Gasteiger partial charge in [-0.1, -0.05) is 0 Å². The van der Waals surface area contributed by atoms with Crippen molar-refractivity contribution in [2.75, 3.05) is 0 Å². The molecular formula is C6H6N4. The molecule has 0 aromatic carbocycles. The van der Waals surface area contributed by atoms with E-state index >= 15 is 0 Å². The molecule has 50 valence electrons. The van der Waals surface area contributed by atoms with E-state index in [9.17, 15) is 0 Å². The molecule has 0 amide bonds. The summed E-state index contributed by atoms with van der Waals surface area (Å²) < 4.78 is 0. The monoisotopic (exact) mass is 134 g/mol. The maximum absolute atomic E-state index is 6.88. The van der Waals surface area contributed by atoms with Crippen molar-refractivity contribution in [1.82, 2.24) is 9.97 Å². The molecule has 1 heterocycles. The second-order valence-corrected chi connectivity index (χ2v) is 1.65. The van der Waals surface area contributed by atoms with Crippen molar-refractivity contribution in [3.63, 3.8) is 0 Å². The molecule has 0 unspecified atom stereocenters. The van der Waals surface area contributed by atoms with Gasteiger partial charge in [-0.25, -0.2) is 9.97 Å². The van der Waals surface area contributed by atoms with Crippen LogP contribution in [0.5, 0.6) is 0 Å². The molecule has 0 saturated carbocycles. The Bertz CT molecular complexity index is 229. The van der Waals surface area contributed by atoms with Gasteiger partial charge in [-0.15, -0.1) is 0 Å². The van der Waals surface area contributed by atoms with Gasteiger partial charge in [0.25, 0.3) is 0 Å². The van der Waals surface area contributed by atoms with Crippen molar-refractivity contribution >= 4 is 12.4 Å². The number of aromatic nitrogens is 2. The minimum atomic E-state index is 0.477. The highest BCUT2D eigenvalue weighted by Crippen LogP contribution is 1.94. The van der Waals surface area contributed by atoms with Crippen molar-refractivity contribution in [3.05, 3.63) is 23.8 Å². The fraction of sp³-hybridized carbons (Fsp3) is 0. The van der Waals surface area contributed by atoms with Crippen LogP contribution in [0.3, 0.4) is 0 Å². The van der Waals surface area contributed by atoms with E-state index in [1.165, 1.54) is 12.5 Å². The predicted octanol–water partition coefficient (Wildman–Crippen LogP) is 0.472. The third kappa shape index (κ3) is 1.05. The van der Waals surface area contributed by atoms with Crippen LogP contribution in [0.15, 0.2) is 12.5 Å². The lowest BCUT2D eigenvalue weighted by Crippen LogP contribution is -1.94. The van der Waals surface area contributed by atoms with Gasteiger partial charge in [0, 0.05) is 24.2 Å². The molecule has 0 atom stereocenters. The summed E-state index contributed by atoms with van der Waals surface area (Å²) >= 11 is 0. The minimum absolute atomic E-state index is 0.477. The molecule has 1 rings (SSSR count). The van der Waals surface area contributed by atoms with E-state index in [-0.39, 0.29) is 0 Å². The second-order valence-electron chi connectivity index (χ2n) is 1.65. The summed E-state index contributed by atoms with van der Waals surface area (Å²) in [6.45, 7) is 0. The Hall–Kier alpha value is -1.58. The Balaban J connectivity index is 3.20. The van der Waals surface area contributed by atoms with Gasteiger partial charge in [0.05, 0.1) is 5.69 Å². The Morgan fingerprint density at radius 3 is 2.60 bits per heavy atom. The summed E-state index contributed by atoms with van der Waals surface area (Å²) in [5.41, 5.74) is 1.04. The van der Waals surface area contributed by atoms with Crippen molar-refractivity contribution in [1.29, 1.82) is 10.8 Å². The molecule has 2 N–H and O–H groups in total. The lowest BCUT2D eigenvalue weighted by molar-refractivity contribution is 1.14. The number of nitrogens with one attached hydrogen (secondary N) is 2. The molecular weight excluding hydrogens is 128 g/mol. The van der Waals surface area contributed by atoms with E-state index in [0.29, 0.717) is 11.3 Å². The Labute approximate surface area is 58.0 Å². The third-order valence-electron chi connectivity index (χ3n) is 1.07. The highest BCUT2D eigenvalue weighted by Gasteiger charge is 1.94. The van der Waals surface area contributed by atoms with Crippen molar-refractivity contribution < 1.29 is 0 Å². The van der Waals surface area contributed by atoms with Crippen molar-refractivity contribution in [3.8, 4) is 0 Å². The molecule has 0 spiro atoms.